The van der Waals surface area contributed by atoms with Gasteiger partial charge < -0.3 is 14.7 Å². The number of hydrogen-bond donors (Lipinski definition) is 1. The van der Waals surface area contributed by atoms with E-state index in [2.05, 4.69) is 0 Å². The van der Waals surface area contributed by atoms with Crippen molar-refractivity contribution < 1.29 is 32.6 Å². The molecule has 1 aromatic rings. The lowest BCUT2D eigenvalue weighted by atomic mass is 10.0. The van der Waals surface area contributed by atoms with E-state index in [1.54, 1.807) is 24.3 Å². The fourth-order valence-corrected chi connectivity index (χ4v) is 4.18. The Morgan fingerprint density at radius 1 is 1.24 bits per heavy atom. The molecule has 0 saturated carbocycles. The third-order valence-corrected chi connectivity index (χ3v) is 5.46. The van der Waals surface area contributed by atoms with Crippen molar-refractivity contribution in [2.45, 2.75) is 24.1 Å². The van der Waals surface area contributed by atoms with Crippen molar-refractivity contribution in [1.29, 1.82) is 0 Å². The first kappa shape index (κ1) is 18.9. The van der Waals surface area contributed by atoms with Crippen LogP contribution in [0.1, 0.15) is 24.4 Å². The molecule has 8 nitrogen and oxygen atoms in total. The lowest BCUT2D eigenvalue weighted by molar-refractivity contribution is -0.141. The number of benzene rings is 1. The van der Waals surface area contributed by atoms with Crippen LogP contribution in [0.15, 0.2) is 24.3 Å². The summed E-state index contributed by atoms with van der Waals surface area (Å²) in [4.78, 5) is 36.4. The van der Waals surface area contributed by atoms with Gasteiger partial charge in [0.2, 0.25) is 5.78 Å². The van der Waals surface area contributed by atoms with Crippen molar-refractivity contribution in [3.63, 3.8) is 0 Å². The van der Waals surface area contributed by atoms with Crippen molar-refractivity contribution in [3.8, 4) is 5.75 Å². The average molecular weight is 369 g/mol. The number of ketones is 1. The van der Waals surface area contributed by atoms with Crippen LogP contribution in [0.5, 0.6) is 5.75 Å². The molecule has 1 aliphatic rings. The van der Waals surface area contributed by atoms with E-state index in [-0.39, 0.29) is 19.4 Å². The average Bonchev–Trinajstić information content (AvgIpc) is 2.79. The van der Waals surface area contributed by atoms with Crippen LogP contribution >= 0.6 is 0 Å². The lowest BCUT2D eigenvalue weighted by Crippen LogP contribution is -2.34. The van der Waals surface area contributed by atoms with Crippen LogP contribution in [0.2, 0.25) is 0 Å². The number of likely N-dealkylation sites (tertiary alicyclic amines) is 1. The van der Waals surface area contributed by atoms with Gasteiger partial charge in [-0.25, -0.2) is 8.42 Å². The number of amides is 1. The molecule has 1 saturated heterocycles. The summed E-state index contributed by atoms with van der Waals surface area (Å²) in [6, 6.07) is 5.43. The number of methoxy groups -OCH3 is 1. The molecular weight excluding hydrogens is 350 g/mol. The van der Waals surface area contributed by atoms with E-state index in [1.165, 1.54) is 7.11 Å². The minimum absolute atomic E-state index is 0.0143. The topological polar surface area (TPSA) is 118 Å². The molecule has 1 aliphatic heterocycles. The number of sulfone groups is 1. The predicted molar refractivity (Wildman–Crippen MR) is 88.0 cm³/mol. The van der Waals surface area contributed by atoms with Crippen molar-refractivity contribution in [3.05, 3.63) is 29.8 Å². The Morgan fingerprint density at radius 2 is 1.84 bits per heavy atom. The van der Waals surface area contributed by atoms with Gasteiger partial charge in [0.05, 0.1) is 13.2 Å². The van der Waals surface area contributed by atoms with E-state index >= 15 is 0 Å². The van der Waals surface area contributed by atoms with Gasteiger partial charge in [-0.05, 0) is 24.1 Å². The van der Waals surface area contributed by atoms with Crippen molar-refractivity contribution in [2.75, 3.05) is 19.9 Å². The standard InChI is InChI=1S/C16H19NO7S/c1-24-11-7-5-10(6-8-11)13-15(25(2,22)23)14(20)16(21)17(13)9-3-4-12(18)19/h5-8,13,15H,3-4,9H2,1-2H3,(H,18,19)/t13-,15-/m1/s1. The van der Waals surface area contributed by atoms with Crippen molar-refractivity contribution in [2.24, 2.45) is 0 Å². The highest BCUT2D eigenvalue weighted by Gasteiger charge is 2.52. The first-order valence-electron chi connectivity index (χ1n) is 7.56. The summed E-state index contributed by atoms with van der Waals surface area (Å²) in [6.07, 6.45) is 0.856. The van der Waals surface area contributed by atoms with Gasteiger partial charge in [0.15, 0.2) is 15.1 Å². The largest absolute Gasteiger partial charge is 0.497 e. The van der Waals surface area contributed by atoms with E-state index in [0.717, 1.165) is 11.2 Å². The molecule has 1 amide bonds. The molecule has 1 N–H and O–H groups in total. The van der Waals surface area contributed by atoms with Crippen LogP contribution < -0.4 is 4.74 Å². The van der Waals surface area contributed by atoms with Crippen LogP contribution in [0.4, 0.5) is 0 Å². The summed E-state index contributed by atoms with van der Waals surface area (Å²) < 4.78 is 29.3. The maximum absolute atomic E-state index is 12.3. The van der Waals surface area contributed by atoms with Gasteiger partial charge in [-0.15, -0.1) is 0 Å². The second kappa shape index (κ2) is 7.22. The SMILES string of the molecule is COc1ccc([C@@H]2[C@@H](S(C)(=O)=O)C(=O)C(=O)N2CCCC(=O)O)cc1. The van der Waals surface area contributed by atoms with Crippen LogP contribution in [0.25, 0.3) is 0 Å². The van der Waals surface area contributed by atoms with Gasteiger partial charge in [-0.2, -0.15) is 0 Å². The number of rotatable bonds is 7. The summed E-state index contributed by atoms with van der Waals surface area (Å²) in [5.41, 5.74) is 0.478. The summed E-state index contributed by atoms with van der Waals surface area (Å²) >= 11 is 0. The summed E-state index contributed by atoms with van der Waals surface area (Å²) in [5.74, 6) is -2.37. The number of hydrogen-bond acceptors (Lipinski definition) is 6. The Hall–Kier alpha value is -2.42. The third-order valence-electron chi connectivity index (χ3n) is 4.06. The first-order valence-corrected chi connectivity index (χ1v) is 9.51. The Bertz CT molecular complexity index is 785. The second-order valence-electron chi connectivity index (χ2n) is 5.83. The lowest BCUT2D eigenvalue weighted by Gasteiger charge is -2.27. The fourth-order valence-electron chi connectivity index (χ4n) is 2.92. The Morgan fingerprint density at radius 3 is 2.32 bits per heavy atom. The van der Waals surface area contributed by atoms with Crippen LogP contribution in [-0.2, 0) is 24.2 Å². The predicted octanol–water partition coefficient (Wildman–Crippen LogP) is 0.426. The second-order valence-corrected chi connectivity index (χ2v) is 8.00. The van der Waals surface area contributed by atoms with E-state index in [0.29, 0.717) is 11.3 Å². The number of ether oxygens (including phenoxy) is 1. The van der Waals surface area contributed by atoms with Gasteiger partial charge in [0, 0.05) is 19.2 Å². The van der Waals surface area contributed by atoms with Gasteiger partial charge in [-0.1, -0.05) is 12.1 Å². The molecule has 25 heavy (non-hydrogen) atoms. The minimum atomic E-state index is -3.83. The number of carboxylic acid groups (broad SMARTS) is 1. The summed E-state index contributed by atoms with van der Waals surface area (Å²) in [5, 5.41) is 7.25. The zero-order chi connectivity index (χ0) is 18.8. The maximum atomic E-state index is 12.3. The molecule has 0 radical (unpaired) electrons. The highest BCUT2D eigenvalue weighted by atomic mass is 32.2. The zero-order valence-corrected chi connectivity index (χ0v) is 14.7. The number of nitrogens with zero attached hydrogens (tertiary/aromatic N) is 1. The van der Waals surface area contributed by atoms with E-state index in [4.69, 9.17) is 9.84 Å². The third kappa shape index (κ3) is 3.98. The molecule has 2 rings (SSSR count). The zero-order valence-electron chi connectivity index (χ0n) is 13.8. The highest BCUT2D eigenvalue weighted by Crippen LogP contribution is 2.36. The molecule has 0 aromatic heterocycles. The molecule has 2 atom stereocenters. The molecule has 136 valence electrons. The van der Waals surface area contributed by atoms with E-state index in [1.807, 2.05) is 0 Å². The Labute approximate surface area is 145 Å². The molecule has 0 aliphatic carbocycles. The minimum Gasteiger partial charge on any atom is -0.497 e. The van der Waals surface area contributed by atoms with Crippen molar-refractivity contribution in [1.82, 2.24) is 4.90 Å². The van der Waals surface area contributed by atoms with Crippen molar-refractivity contribution >= 4 is 27.5 Å². The molecule has 1 heterocycles. The van der Waals surface area contributed by atoms with E-state index < -0.39 is 38.8 Å². The van der Waals surface area contributed by atoms with Gasteiger partial charge in [0.1, 0.15) is 5.75 Å². The van der Waals surface area contributed by atoms with Crippen LogP contribution in [0, 0.1) is 0 Å². The molecule has 0 bridgehead atoms. The number of carbonyl (C=O) groups excluding carboxylic acids is 2. The van der Waals surface area contributed by atoms with Gasteiger partial charge in [-0.3, -0.25) is 14.4 Å². The maximum Gasteiger partial charge on any atom is 0.303 e. The molecule has 9 heteroatoms. The fraction of sp³-hybridized carbons (Fsp3) is 0.438. The first-order chi connectivity index (χ1) is 11.7. The Kier molecular flexibility index (Phi) is 5.46. The summed E-state index contributed by atoms with van der Waals surface area (Å²) in [6.45, 7) is -0.0143. The van der Waals surface area contributed by atoms with Gasteiger partial charge in [0.25, 0.3) is 5.91 Å². The molecular formula is C16H19NO7S. The molecule has 0 unspecified atom stereocenters. The monoisotopic (exact) mass is 369 g/mol. The number of carboxylic acids is 1. The molecule has 1 aromatic carbocycles. The Balaban J connectivity index is 2.42. The molecule has 0 spiro atoms. The quantitative estimate of drug-likeness (QED) is 0.692. The van der Waals surface area contributed by atoms with Crippen LogP contribution in [-0.4, -0.2) is 61.2 Å². The van der Waals surface area contributed by atoms with E-state index in [9.17, 15) is 22.8 Å². The highest BCUT2D eigenvalue weighted by molar-refractivity contribution is 7.92. The normalized spacial score (nSPS) is 20.8. The smallest absolute Gasteiger partial charge is 0.303 e. The number of carbonyl (C=O) groups is 3. The molecule has 1 fully saturated rings. The summed E-state index contributed by atoms with van der Waals surface area (Å²) in [7, 11) is -2.35. The number of Topliss-reactive ketones (excluding diaryl/α,β-unsaturated/α-hetero) is 1. The number of aliphatic carboxylic acids is 1. The van der Waals surface area contributed by atoms with Gasteiger partial charge >= 0.3 is 5.97 Å². The van der Waals surface area contributed by atoms with Crippen LogP contribution in [0.3, 0.4) is 0 Å².